The summed E-state index contributed by atoms with van der Waals surface area (Å²) in [5.41, 5.74) is 7.88. The molecular formula is C17H21N3O4. The van der Waals surface area contributed by atoms with Crippen LogP contribution in [0.4, 0.5) is 5.69 Å². The van der Waals surface area contributed by atoms with Crippen LogP contribution in [0, 0.1) is 13.8 Å². The van der Waals surface area contributed by atoms with E-state index in [-0.39, 0.29) is 11.6 Å². The Hall–Kier alpha value is -2.80. The van der Waals surface area contributed by atoms with Crippen molar-refractivity contribution in [2.75, 3.05) is 25.6 Å². The number of rotatable bonds is 6. The zero-order valence-corrected chi connectivity index (χ0v) is 13.9. The highest BCUT2D eigenvalue weighted by Crippen LogP contribution is 2.21. The van der Waals surface area contributed by atoms with Gasteiger partial charge in [0.15, 0.2) is 0 Å². The number of hydrogen-bond acceptors (Lipinski definition) is 5. The number of anilines is 1. The lowest BCUT2D eigenvalue weighted by molar-refractivity contribution is 0.0594. The molecule has 2 aromatic rings. The summed E-state index contributed by atoms with van der Waals surface area (Å²) in [5, 5.41) is 2.80. The maximum absolute atomic E-state index is 12.5. The molecule has 1 aromatic heterocycles. The SMILES string of the molecule is COC(=O)c1[nH]c(C)c(C(=O)Nc2ccc(OCCN)cc2)c1C. The van der Waals surface area contributed by atoms with Gasteiger partial charge in [-0.05, 0) is 43.7 Å². The topological polar surface area (TPSA) is 106 Å². The van der Waals surface area contributed by atoms with E-state index in [1.807, 2.05) is 0 Å². The predicted octanol–water partition coefficient (Wildman–Crippen LogP) is 2.01. The molecule has 4 N–H and O–H groups in total. The van der Waals surface area contributed by atoms with Gasteiger partial charge in [0.1, 0.15) is 18.1 Å². The second-order valence-corrected chi connectivity index (χ2v) is 5.23. The fourth-order valence-corrected chi connectivity index (χ4v) is 2.40. The van der Waals surface area contributed by atoms with Gasteiger partial charge in [-0.25, -0.2) is 4.79 Å². The van der Waals surface area contributed by atoms with E-state index in [1.165, 1.54) is 7.11 Å². The Kier molecular flexibility index (Phi) is 5.59. The molecule has 0 aliphatic heterocycles. The number of amides is 1. The van der Waals surface area contributed by atoms with Gasteiger partial charge in [0.25, 0.3) is 5.91 Å². The van der Waals surface area contributed by atoms with Crippen LogP contribution in [0.25, 0.3) is 0 Å². The lowest BCUT2D eigenvalue weighted by Crippen LogP contribution is -2.14. The Morgan fingerprint density at radius 3 is 2.46 bits per heavy atom. The molecule has 7 heteroatoms. The molecule has 24 heavy (non-hydrogen) atoms. The molecular weight excluding hydrogens is 310 g/mol. The third kappa shape index (κ3) is 3.75. The van der Waals surface area contributed by atoms with E-state index < -0.39 is 5.97 Å². The van der Waals surface area contributed by atoms with Gasteiger partial charge in [-0.3, -0.25) is 4.79 Å². The third-order valence-corrected chi connectivity index (χ3v) is 3.55. The first-order valence-electron chi connectivity index (χ1n) is 7.49. The molecule has 0 aliphatic rings. The zero-order valence-electron chi connectivity index (χ0n) is 13.9. The number of aryl methyl sites for hydroxylation is 1. The molecule has 0 saturated heterocycles. The van der Waals surface area contributed by atoms with Crippen LogP contribution in [0.15, 0.2) is 24.3 Å². The number of nitrogens with two attached hydrogens (primary N) is 1. The molecule has 1 heterocycles. The van der Waals surface area contributed by atoms with Crippen LogP contribution < -0.4 is 15.8 Å². The summed E-state index contributed by atoms with van der Waals surface area (Å²) in [7, 11) is 1.30. The van der Waals surface area contributed by atoms with Crippen LogP contribution in [0.5, 0.6) is 5.75 Å². The van der Waals surface area contributed by atoms with Crippen LogP contribution in [0.3, 0.4) is 0 Å². The lowest BCUT2D eigenvalue weighted by Gasteiger charge is -2.08. The van der Waals surface area contributed by atoms with Gasteiger partial charge in [-0.15, -0.1) is 0 Å². The minimum Gasteiger partial charge on any atom is -0.492 e. The van der Waals surface area contributed by atoms with E-state index in [9.17, 15) is 9.59 Å². The van der Waals surface area contributed by atoms with Gasteiger partial charge in [-0.2, -0.15) is 0 Å². The summed E-state index contributed by atoms with van der Waals surface area (Å²) >= 11 is 0. The van der Waals surface area contributed by atoms with E-state index in [0.29, 0.717) is 41.4 Å². The minimum atomic E-state index is -0.504. The molecule has 2 rings (SSSR count). The van der Waals surface area contributed by atoms with Crippen LogP contribution in [-0.2, 0) is 4.74 Å². The van der Waals surface area contributed by atoms with Crippen LogP contribution in [0.1, 0.15) is 32.1 Å². The molecule has 128 valence electrons. The molecule has 0 unspecified atom stereocenters. The maximum Gasteiger partial charge on any atom is 0.354 e. The molecule has 1 aromatic carbocycles. The van der Waals surface area contributed by atoms with Gasteiger partial charge in [0.2, 0.25) is 0 Å². The number of nitrogens with one attached hydrogen (secondary N) is 2. The standard InChI is InChI=1S/C17H21N3O4/c1-10-14(11(2)19-15(10)17(22)23-3)16(21)20-12-4-6-13(7-5-12)24-9-8-18/h4-7,19H,8-9,18H2,1-3H3,(H,20,21). The highest BCUT2D eigenvalue weighted by atomic mass is 16.5. The highest BCUT2D eigenvalue weighted by molar-refractivity contribution is 6.08. The van der Waals surface area contributed by atoms with E-state index in [0.717, 1.165) is 0 Å². The average molecular weight is 331 g/mol. The van der Waals surface area contributed by atoms with Crippen molar-refractivity contribution < 1.29 is 19.1 Å². The summed E-state index contributed by atoms with van der Waals surface area (Å²) in [5.74, 6) is -0.122. The number of carbonyl (C=O) groups excluding carboxylic acids is 2. The maximum atomic E-state index is 12.5. The molecule has 0 saturated carbocycles. The summed E-state index contributed by atoms with van der Waals surface area (Å²) in [6, 6.07) is 6.98. The van der Waals surface area contributed by atoms with Crippen molar-refractivity contribution in [1.82, 2.24) is 4.98 Å². The third-order valence-electron chi connectivity index (χ3n) is 3.55. The van der Waals surface area contributed by atoms with Crippen molar-refractivity contribution in [3.8, 4) is 5.75 Å². The summed E-state index contributed by atoms with van der Waals surface area (Å²) in [4.78, 5) is 27.1. The second-order valence-electron chi connectivity index (χ2n) is 5.23. The summed E-state index contributed by atoms with van der Waals surface area (Å²) < 4.78 is 10.1. The predicted molar refractivity (Wildman–Crippen MR) is 90.6 cm³/mol. The lowest BCUT2D eigenvalue weighted by atomic mass is 10.1. The Morgan fingerprint density at radius 1 is 1.21 bits per heavy atom. The molecule has 0 atom stereocenters. The number of H-pyrrole nitrogens is 1. The molecule has 0 radical (unpaired) electrons. The smallest absolute Gasteiger partial charge is 0.354 e. The van der Waals surface area contributed by atoms with Crippen LogP contribution >= 0.6 is 0 Å². The van der Waals surface area contributed by atoms with Gasteiger partial charge in [0.05, 0.1) is 12.7 Å². The van der Waals surface area contributed by atoms with Crippen LogP contribution in [0.2, 0.25) is 0 Å². The monoisotopic (exact) mass is 331 g/mol. The van der Waals surface area contributed by atoms with E-state index >= 15 is 0 Å². The minimum absolute atomic E-state index is 0.283. The van der Waals surface area contributed by atoms with Crippen molar-refractivity contribution in [3.05, 3.63) is 46.8 Å². The first-order chi connectivity index (χ1) is 11.5. The summed E-state index contributed by atoms with van der Waals surface area (Å²) in [6.07, 6.45) is 0. The van der Waals surface area contributed by atoms with E-state index in [1.54, 1.807) is 38.1 Å². The van der Waals surface area contributed by atoms with Gasteiger partial charge >= 0.3 is 5.97 Å². The normalized spacial score (nSPS) is 10.3. The Balaban J connectivity index is 2.15. The van der Waals surface area contributed by atoms with Crippen molar-refractivity contribution in [2.24, 2.45) is 5.73 Å². The average Bonchev–Trinajstić information content (AvgIpc) is 2.88. The van der Waals surface area contributed by atoms with Crippen molar-refractivity contribution in [2.45, 2.75) is 13.8 Å². The number of methoxy groups -OCH3 is 1. The Morgan fingerprint density at radius 2 is 1.88 bits per heavy atom. The first kappa shape index (κ1) is 17.6. The first-order valence-corrected chi connectivity index (χ1v) is 7.49. The second kappa shape index (κ2) is 7.65. The van der Waals surface area contributed by atoms with Crippen molar-refractivity contribution in [3.63, 3.8) is 0 Å². The van der Waals surface area contributed by atoms with Crippen LogP contribution in [-0.4, -0.2) is 37.1 Å². The molecule has 0 bridgehead atoms. The molecule has 7 nitrogen and oxygen atoms in total. The van der Waals surface area contributed by atoms with E-state index in [2.05, 4.69) is 10.3 Å². The number of carbonyl (C=O) groups is 2. The number of esters is 1. The number of aromatic nitrogens is 1. The fourth-order valence-electron chi connectivity index (χ4n) is 2.40. The number of ether oxygens (including phenoxy) is 2. The van der Waals surface area contributed by atoms with Gasteiger partial charge in [0, 0.05) is 17.9 Å². The van der Waals surface area contributed by atoms with Crippen molar-refractivity contribution in [1.29, 1.82) is 0 Å². The summed E-state index contributed by atoms with van der Waals surface area (Å²) in [6.45, 7) is 4.31. The Bertz CT molecular complexity index is 735. The highest BCUT2D eigenvalue weighted by Gasteiger charge is 2.22. The van der Waals surface area contributed by atoms with Gasteiger partial charge < -0.3 is 25.5 Å². The quantitative estimate of drug-likeness (QED) is 0.702. The molecule has 0 fully saturated rings. The molecule has 0 spiro atoms. The van der Waals surface area contributed by atoms with Gasteiger partial charge in [-0.1, -0.05) is 0 Å². The fraction of sp³-hybridized carbons (Fsp3) is 0.294. The number of benzene rings is 1. The Labute approximate surface area is 140 Å². The largest absolute Gasteiger partial charge is 0.492 e. The molecule has 1 amide bonds. The number of aromatic amines is 1. The van der Waals surface area contributed by atoms with E-state index in [4.69, 9.17) is 15.2 Å². The number of hydrogen-bond donors (Lipinski definition) is 3. The zero-order chi connectivity index (χ0) is 17.7. The molecule has 0 aliphatic carbocycles. The van der Waals surface area contributed by atoms with Crippen molar-refractivity contribution >= 4 is 17.6 Å².